The number of hydrogen-bond acceptors (Lipinski definition) is 6. The summed E-state index contributed by atoms with van der Waals surface area (Å²) in [5, 5.41) is 2.98. The van der Waals surface area contributed by atoms with Crippen molar-refractivity contribution in [2.24, 2.45) is 0 Å². The number of hydrogen-bond donors (Lipinski definition) is 1. The smallest absolute Gasteiger partial charge is 0.269 e. The summed E-state index contributed by atoms with van der Waals surface area (Å²) in [6.45, 7) is 3.34. The van der Waals surface area contributed by atoms with E-state index in [4.69, 9.17) is 0 Å². The zero-order chi connectivity index (χ0) is 19.3. The number of nitrogens with one attached hydrogen (secondary N) is 1. The van der Waals surface area contributed by atoms with E-state index in [1.807, 2.05) is 25.1 Å². The van der Waals surface area contributed by atoms with E-state index in [1.165, 1.54) is 30.4 Å². The third kappa shape index (κ3) is 2.79. The van der Waals surface area contributed by atoms with Gasteiger partial charge in [0.25, 0.3) is 15.9 Å². The van der Waals surface area contributed by atoms with Crippen molar-refractivity contribution < 1.29 is 18.0 Å². The van der Waals surface area contributed by atoms with E-state index in [-0.39, 0.29) is 10.5 Å². The lowest BCUT2D eigenvalue weighted by Crippen LogP contribution is -2.45. The average Bonchev–Trinajstić information content (AvgIpc) is 3.10. The molecular weight excluding hydrogens is 386 g/mol. The number of carbonyl (C=O) groups is 2. The highest BCUT2D eigenvalue weighted by molar-refractivity contribution is 7.90. The van der Waals surface area contributed by atoms with E-state index in [1.54, 1.807) is 12.1 Å². The Morgan fingerprint density at radius 2 is 1.96 bits per heavy atom. The van der Waals surface area contributed by atoms with Crippen molar-refractivity contribution in [2.45, 2.75) is 24.8 Å². The molecule has 0 saturated carbocycles. The predicted octanol–water partition coefficient (Wildman–Crippen LogP) is 2.78. The quantitative estimate of drug-likeness (QED) is 0.728. The summed E-state index contributed by atoms with van der Waals surface area (Å²) in [4.78, 5) is 29.4. The summed E-state index contributed by atoms with van der Waals surface area (Å²) in [6, 6.07) is 10.5. The fourth-order valence-corrected chi connectivity index (χ4v) is 5.68. The molecule has 0 saturated heterocycles. The van der Waals surface area contributed by atoms with E-state index >= 15 is 0 Å². The zero-order valence-electron chi connectivity index (χ0n) is 14.5. The largest absolute Gasteiger partial charge is 0.300 e. The van der Waals surface area contributed by atoms with E-state index in [2.05, 4.69) is 10.3 Å². The van der Waals surface area contributed by atoms with Gasteiger partial charge < -0.3 is 5.32 Å². The fourth-order valence-electron chi connectivity index (χ4n) is 2.99. The van der Waals surface area contributed by atoms with Gasteiger partial charge in [-0.1, -0.05) is 29.5 Å². The van der Waals surface area contributed by atoms with Gasteiger partial charge in [-0.2, -0.15) is 0 Å². The molecule has 1 aliphatic heterocycles. The molecule has 138 valence electrons. The first kappa shape index (κ1) is 17.6. The van der Waals surface area contributed by atoms with E-state index < -0.39 is 27.9 Å². The van der Waals surface area contributed by atoms with Gasteiger partial charge in [-0.3, -0.25) is 9.59 Å². The highest BCUT2D eigenvalue weighted by Gasteiger charge is 2.45. The van der Waals surface area contributed by atoms with Crippen LogP contribution in [0.4, 0.5) is 5.13 Å². The molecule has 7 nitrogen and oxygen atoms in total. The third-order valence-electron chi connectivity index (χ3n) is 4.36. The van der Waals surface area contributed by atoms with Crippen LogP contribution in [0.5, 0.6) is 0 Å². The molecule has 9 heteroatoms. The molecule has 27 heavy (non-hydrogen) atoms. The molecule has 4 rings (SSSR count). The molecule has 2 aromatic carbocycles. The third-order valence-corrected chi connectivity index (χ3v) is 7.21. The number of sulfonamides is 1. The summed E-state index contributed by atoms with van der Waals surface area (Å²) < 4.78 is 26.9. The first-order valence-corrected chi connectivity index (χ1v) is 10.4. The Bertz CT molecular complexity index is 1200. The predicted molar refractivity (Wildman–Crippen MR) is 102 cm³/mol. The standard InChI is InChI=1S/C18H15N3O4S2/c1-10-7-8-13-14(9-10)26-18(19-13)20-16(22)11(2)21-17(23)12-5-3-4-6-15(12)27(21,24)25/h3-9,11H,1-2H3,(H,19,20,22)/t11-/m0/s1. The van der Waals surface area contributed by atoms with E-state index in [0.717, 1.165) is 15.8 Å². The number of aromatic nitrogens is 1. The van der Waals surface area contributed by atoms with Crippen molar-refractivity contribution in [3.05, 3.63) is 53.6 Å². The Morgan fingerprint density at radius 3 is 2.70 bits per heavy atom. The van der Waals surface area contributed by atoms with Crippen LogP contribution in [0, 0.1) is 6.92 Å². The maximum absolute atomic E-state index is 12.7. The summed E-state index contributed by atoms with van der Waals surface area (Å²) in [6.07, 6.45) is 0. The monoisotopic (exact) mass is 401 g/mol. The Labute approximate surface area is 159 Å². The summed E-state index contributed by atoms with van der Waals surface area (Å²) in [5.41, 5.74) is 1.89. The summed E-state index contributed by atoms with van der Waals surface area (Å²) in [7, 11) is -4.06. The van der Waals surface area contributed by atoms with Crippen LogP contribution in [-0.4, -0.2) is 35.6 Å². The number of amides is 2. The van der Waals surface area contributed by atoms with Crippen LogP contribution < -0.4 is 5.32 Å². The average molecular weight is 401 g/mol. The molecule has 1 N–H and O–H groups in total. The molecule has 0 spiro atoms. The second-order valence-electron chi connectivity index (χ2n) is 6.26. The topological polar surface area (TPSA) is 96.4 Å². The highest BCUT2D eigenvalue weighted by atomic mass is 32.2. The molecule has 1 atom stereocenters. The van der Waals surface area contributed by atoms with Crippen LogP contribution in [0.1, 0.15) is 22.8 Å². The van der Waals surface area contributed by atoms with Gasteiger partial charge in [0.05, 0.1) is 15.8 Å². The molecule has 2 amide bonds. The van der Waals surface area contributed by atoms with Crippen LogP contribution in [-0.2, 0) is 14.8 Å². The molecular formula is C18H15N3O4S2. The maximum Gasteiger partial charge on any atom is 0.269 e. The normalized spacial score (nSPS) is 16.4. The lowest BCUT2D eigenvalue weighted by molar-refractivity contribution is -0.118. The lowest BCUT2D eigenvalue weighted by atomic mass is 10.2. The number of rotatable bonds is 3. The van der Waals surface area contributed by atoms with Gasteiger partial charge in [-0.15, -0.1) is 0 Å². The van der Waals surface area contributed by atoms with Crippen molar-refractivity contribution in [1.82, 2.24) is 9.29 Å². The number of carbonyl (C=O) groups excluding carboxylic acids is 2. The molecule has 1 aliphatic rings. The van der Waals surface area contributed by atoms with Crippen molar-refractivity contribution in [3.63, 3.8) is 0 Å². The Hall–Kier alpha value is -2.78. The Kier molecular flexibility index (Phi) is 4.01. The minimum atomic E-state index is -4.06. The number of anilines is 1. The lowest BCUT2D eigenvalue weighted by Gasteiger charge is -2.21. The number of thiazole rings is 1. The van der Waals surface area contributed by atoms with Crippen molar-refractivity contribution in [1.29, 1.82) is 0 Å². The summed E-state index contributed by atoms with van der Waals surface area (Å²) >= 11 is 1.29. The zero-order valence-corrected chi connectivity index (χ0v) is 16.1. The molecule has 0 aliphatic carbocycles. The van der Waals surface area contributed by atoms with Gasteiger partial charge in [0.2, 0.25) is 5.91 Å². The van der Waals surface area contributed by atoms with Crippen molar-refractivity contribution >= 4 is 48.5 Å². The molecule has 3 aromatic rings. The van der Waals surface area contributed by atoms with Crippen LogP contribution in [0.25, 0.3) is 10.2 Å². The Morgan fingerprint density at radius 1 is 1.22 bits per heavy atom. The summed E-state index contributed by atoms with van der Waals surface area (Å²) in [5.74, 6) is -1.32. The van der Waals surface area contributed by atoms with E-state index in [9.17, 15) is 18.0 Å². The van der Waals surface area contributed by atoms with Crippen molar-refractivity contribution in [3.8, 4) is 0 Å². The first-order valence-electron chi connectivity index (χ1n) is 8.15. The van der Waals surface area contributed by atoms with Gasteiger partial charge in [0.15, 0.2) is 5.13 Å². The van der Waals surface area contributed by atoms with Crippen LogP contribution in [0.3, 0.4) is 0 Å². The number of nitrogens with zero attached hydrogens (tertiary/aromatic N) is 2. The van der Waals surface area contributed by atoms with Gasteiger partial charge in [-0.25, -0.2) is 17.7 Å². The van der Waals surface area contributed by atoms with Gasteiger partial charge >= 0.3 is 0 Å². The van der Waals surface area contributed by atoms with Crippen LogP contribution in [0.2, 0.25) is 0 Å². The van der Waals surface area contributed by atoms with Crippen molar-refractivity contribution in [2.75, 3.05) is 5.32 Å². The van der Waals surface area contributed by atoms with Crippen LogP contribution >= 0.6 is 11.3 Å². The maximum atomic E-state index is 12.7. The molecule has 0 fully saturated rings. The van der Waals surface area contributed by atoms with Gasteiger partial charge in [0, 0.05) is 0 Å². The Balaban J connectivity index is 1.61. The second-order valence-corrected chi connectivity index (χ2v) is 9.07. The number of fused-ring (bicyclic) bond motifs is 2. The number of aryl methyl sites for hydroxylation is 1. The minimum Gasteiger partial charge on any atom is -0.300 e. The fraction of sp³-hybridized carbons (Fsp3) is 0.167. The SMILES string of the molecule is Cc1ccc2nc(NC(=O)[C@H](C)N3C(=O)c4ccccc4S3(=O)=O)sc2c1. The second kappa shape index (κ2) is 6.14. The van der Waals surface area contributed by atoms with Crippen LogP contribution in [0.15, 0.2) is 47.4 Å². The van der Waals surface area contributed by atoms with Gasteiger partial charge in [0.1, 0.15) is 10.9 Å². The van der Waals surface area contributed by atoms with E-state index in [0.29, 0.717) is 9.44 Å². The first-order chi connectivity index (χ1) is 12.8. The van der Waals surface area contributed by atoms with Gasteiger partial charge in [-0.05, 0) is 43.7 Å². The molecule has 2 heterocycles. The number of benzene rings is 2. The highest BCUT2D eigenvalue weighted by Crippen LogP contribution is 2.32. The molecule has 1 aromatic heterocycles. The minimum absolute atomic E-state index is 0.0765. The molecule has 0 radical (unpaired) electrons. The molecule has 0 bridgehead atoms. The molecule has 0 unspecified atom stereocenters.